The van der Waals surface area contributed by atoms with Gasteiger partial charge in [0.2, 0.25) is 0 Å². The van der Waals surface area contributed by atoms with Crippen LogP contribution in [-0.4, -0.2) is 31.3 Å². The van der Waals surface area contributed by atoms with Crippen LogP contribution in [0.4, 0.5) is 0 Å². The number of carbonyl (C=O) groups is 2. The van der Waals surface area contributed by atoms with E-state index in [2.05, 4.69) is 10.8 Å². The van der Waals surface area contributed by atoms with Crippen LogP contribution in [0.15, 0.2) is 84.9 Å². The third kappa shape index (κ3) is 7.77. The molecule has 37 heavy (non-hydrogen) atoms. The molecule has 1 aliphatic rings. The van der Waals surface area contributed by atoms with Gasteiger partial charge in [0, 0.05) is 24.7 Å². The standard InChI is InChI=1S/C30H32N2O5/c1-2-35-26-17-15-23(16-18-26)29(31-30(34)24-10-4-3-5-11-24)25-12-8-9-22(21-25)14-19-27(33)32-37-28-13-6-7-20-36-28/h3-5,8-12,14-19,21,28-29H,2,6-7,13,20H2,1H3,(H,31,34)(H,32,33)/b19-14+. The van der Waals surface area contributed by atoms with E-state index in [1.165, 1.54) is 6.08 Å². The lowest BCUT2D eigenvalue weighted by molar-refractivity contribution is -0.198. The van der Waals surface area contributed by atoms with Crippen LogP contribution in [0.5, 0.6) is 5.75 Å². The van der Waals surface area contributed by atoms with Crippen molar-refractivity contribution in [2.24, 2.45) is 0 Å². The fraction of sp³-hybridized carbons (Fsp3) is 0.267. The lowest BCUT2D eigenvalue weighted by Crippen LogP contribution is -2.32. The van der Waals surface area contributed by atoms with Crippen molar-refractivity contribution in [1.29, 1.82) is 0 Å². The predicted molar refractivity (Wildman–Crippen MR) is 142 cm³/mol. The van der Waals surface area contributed by atoms with Crippen molar-refractivity contribution in [2.75, 3.05) is 13.2 Å². The van der Waals surface area contributed by atoms with E-state index in [1.807, 2.05) is 73.7 Å². The minimum atomic E-state index is -0.405. The second kappa shape index (κ2) is 13.4. The Kier molecular flexibility index (Phi) is 9.46. The number of hydrogen-bond donors (Lipinski definition) is 2. The second-order valence-corrected chi connectivity index (χ2v) is 8.66. The van der Waals surface area contributed by atoms with Crippen molar-refractivity contribution in [3.05, 3.63) is 107 Å². The number of ether oxygens (including phenoxy) is 2. The first-order valence-corrected chi connectivity index (χ1v) is 12.6. The van der Waals surface area contributed by atoms with Gasteiger partial charge in [0.25, 0.3) is 11.8 Å². The Morgan fingerprint density at radius 1 is 1.00 bits per heavy atom. The highest BCUT2D eigenvalue weighted by atomic mass is 16.8. The van der Waals surface area contributed by atoms with Crippen molar-refractivity contribution in [3.63, 3.8) is 0 Å². The molecule has 1 saturated heterocycles. The van der Waals surface area contributed by atoms with Crippen molar-refractivity contribution < 1.29 is 23.9 Å². The second-order valence-electron chi connectivity index (χ2n) is 8.66. The van der Waals surface area contributed by atoms with Gasteiger partial charge in [0.15, 0.2) is 6.29 Å². The summed E-state index contributed by atoms with van der Waals surface area (Å²) in [6.07, 6.45) is 5.49. The predicted octanol–water partition coefficient (Wildman–Crippen LogP) is 5.19. The highest BCUT2D eigenvalue weighted by Crippen LogP contribution is 2.26. The molecule has 0 spiro atoms. The molecule has 0 bridgehead atoms. The molecule has 0 aliphatic carbocycles. The first-order valence-electron chi connectivity index (χ1n) is 12.6. The van der Waals surface area contributed by atoms with Gasteiger partial charge < -0.3 is 14.8 Å². The fourth-order valence-corrected chi connectivity index (χ4v) is 4.06. The van der Waals surface area contributed by atoms with Gasteiger partial charge in [0.1, 0.15) is 5.75 Å². The van der Waals surface area contributed by atoms with Gasteiger partial charge in [-0.1, -0.05) is 48.5 Å². The summed E-state index contributed by atoms with van der Waals surface area (Å²) in [5.74, 6) is 0.213. The van der Waals surface area contributed by atoms with Gasteiger partial charge >= 0.3 is 0 Å². The molecule has 3 aromatic rings. The quantitative estimate of drug-likeness (QED) is 0.296. The molecule has 2 unspecified atom stereocenters. The molecule has 3 aromatic carbocycles. The third-order valence-electron chi connectivity index (χ3n) is 5.94. The molecule has 192 valence electrons. The van der Waals surface area contributed by atoms with E-state index in [9.17, 15) is 9.59 Å². The molecule has 2 amide bonds. The molecule has 0 saturated carbocycles. The van der Waals surface area contributed by atoms with Gasteiger partial charge in [-0.2, -0.15) is 0 Å². The number of hydroxylamine groups is 1. The molecule has 2 N–H and O–H groups in total. The van der Waals surface area contributed by atoms with E-state index in [1.54, 1.807) is 18.2 Å². The molecular weight excluding hydrogens is 468 g/mol. The maximum absolute atomic E-state index is 13.0. The maximum Gasteiger partial charge on any atom is 0.267 e. The summed E-state index contributed by atoms with van der Waals surface area (Å²) < 4.78 is 11.0. The monoisotopic (exact) mass is 500 g/mol. The Morgan fingerprint density at radius 2 is 1.81 bits per heavy atom. The van der Waals surface area contributed by atoms with Crippen LogP contribution in [0.1, 0.15) is 59.3 Å². The summed E-state index contributed by atoms with van der Waals surface area (Å²) in [7, 11) is 0. The van der Waals surface area contributed by atoms with Gasteiger partial charge in [-0.05, 0) is 72.9 Å². The molecule has 0 radical (unpaired) electrons. The number of benzene rings is 3. The molecule has 4 rings (SSSR count). The molecule has 2 atom stereocenters. The number of amides is 2. The minimum absolute atomic E-state index is 0.179. The van der Waals surface area contributed by atoms with Crippen LogP contribution < -0.4 is 15.5 Å². The zero-order valence-corrected chi connectivity index (χ0v) is 20.9. The SMILES string of the molecule is CCOc1ccc(C(NC(=O)c2ccccc2)c2cccc(/C=C/C(=O)NOC3CCCCO3)c2)cc1. The average Bonchev–Trinajstić information content (AvgIpc) is 2.95. The minimum Gasteiger partial charge on any atom is -0.494 e. The molecule has 1 fully saturated rings. The van der Waals surface area contributed by atoms with Gasteiger partial charge in [-0.3, -0.25) is 9.59 Å². The number of hydrogen-bond acceptors (Lipinski definition) is 5. The molecule has 0 aromatic heterocycles. The number of rotatable bonds is 10. The van der Waals surface area contributed by atoms with Crippen LogP contribution in [0.25, 0.3) is 6.08 Å². The summed E-state index contributed by atoms with van der Waals surface area (Å²) in [5, 5.41) is 3.15. The Bertz CT molecular complexity index is 1190. The molecular formula is C30H32N2O5. The average molecular weight is 501 g/mol. The van der Waals surface area contributed by atoms with Gasteiger partial charge in [-0.15, -0.1) is 0 Å². The lowest BCUT2D eigenvalue weighted by Gasteiger charge is -2.21. The smallest absolute Gasteiger partial charge is 0.267 e. The molecule has 1 heterocycles. The zero-order chi connectivity index (χ0) is 25.9. The summed E-state index contributed by atoms with van der Waals surface area (Å²) in [6.45, 7) is 3.15. The van der Waals surface area contributed by atoms with Crippen LogP contribution in [0.3, 0.4) is 0 Å². The van der Waals surface area contributed by atoms with Gasteiger partial charge in [-0.25, -0.2) is 10.3 Å². The molecule has 7 heteroatoms. The van der Waals surface area contributed by atoms with Crippen molar-refractivity contribution in [3.8, 4) is 5.75 Å². The Hall–Kier alpha value is -3.94. The van der Waals surface area contributed by atoms with E-state index < -0.39 is 12.3 Å². The number of carbonyl (C=O) groups excluding carboxylic acids is 2. The topological polar surface area (TPSA) is 85.9 Å². The third-order valence-corrected chi connectivity index (χ3v) is 5.94. The summed E-state index contributed by atoms with van der Waals surface area (Å²) in [6, 6.07) is 24.1. The van der Waals surface area contributed by atoms with E-state index >= 15 is 0 Å². The normalized spacial score (nSPS) is 16.2. The summed E-state index contributed by atoms with van der Waals surface area (Å²) in [4.78, 5) is 30.6. The highest BCUT2D eigenvalue weighted by Gasteiger charge is 2.19. The van der Waals surface area contributed by atoms with Crippen molar-refractivity contribution in [2.45, 2.75) is 38.5 Å². The van der Waals surface area contributed by atoms with E-state index in [4.69, 9.17) is 14.3 Å². The largest absolute Gasteiger partial charge is 0.494 e. The van der Waals surface area contributed by atoms with E-state index in [0.717, 1.165) is 41.7 Å². The van der Waals surface area contributed by atoms with Crippen molar-refractivity contribution in [1.82, 2.24) is 10.8 Å². The van der Waals surface area contributed by atoms with Crippen LogP contribution in [0.2, 0.25) is 0 Å². The van der Waals surface area contributed by atoms with Crippen LogP contribution >= 0.6 is 0 Å². The van der Waals surface area contributed by atoms with Crippen LogP contribution in [0, 0.1) is 0 Å². The first kappa shape index (κ1) is 26.1. The first-order chi connectivity index (χ1) is 18.1. The van der Waals surface area contributed by atoms with Crippen molar-refractivity contribution >= 4 is 17.9 Å². The highest BCUT2D eigenvalue weighted by molar-refractivity contribution is 5.94. The number of nitrogens with one attached hydrogen (secondary N) is 2. The van der Waals surface area contributed by atoms with E-state index in [-0.39, 0.29) is 11.8 Å². The summed E-state index contributed by atoms with van der Waals surface area (Å²) in [5.41, 5.74) is 5.60. The zero-order valence-electron chi connectivity index (χ0n) is 20.9. The molecule has 1 aliphatic heterocycles. The van der Waals surface area contributed by atoms with Gasteiger partial charge in [0.05, 0.1) is 12.6 Å². The maximum atomic E-state index is 13.0. The fourth-order valence-electron chi connectivity index (χ4n) is 4.06. The molecule has 7 nitrogen and oxygen atoms in total. The lowest BCUT2D eigenvalue weighted by atomic mass is 9.96. The Morgan fingerprint density at radius 3 is 2.54 bits per heavy atom. The van der Waals surface area contributed by atoms with Crippen LogP contribution in [-0.2, 0) is 14.4 Å². The summed E-state index contributed by atoms with van der Waals surface area (Å²) >= 11 is 0. The Labute approximate surface area is 217 Å². The van der Waals surface area contributed by atoms with E-state index in [0.29, 0.717) is 18.8 Å². The Balaban J connectivity index is 1.50.